The third kappa shape index (κ3) is 51.9. The number of likely N-dealkylation sites (N-methyl/N-ethyl adjacent to an activating group) is 1. The summed E-state index contributed by atoms with van der Waals surface area (Å²) in [4.78, 5) is 39.8. The van der Waals surface area contributed by atoms with Crippen molar-refractivity contribution in [3.63, 3.8) is 0 Å². The van der Waals surface area contributed by atoms with Gasteiger partial charge in [0.25, 0.3) is 7.82 Å². The summed E-state index contributed by atoms with van der Waals surface area (Å²) in [6, 6.07) is -0.907. The maximum absolute atomic E-state index is 13.5. The van der Waals surface area contributed by atoms with Crippen molar-refractivity contribution in [1.82, 2.24) is 5.32 Å². The van der Waals surface area contributed by atoms with E-state index in [1.807, 2.05) is 33.3 Å². The molecule has 0 aromatic carbocycles. The number of phosphoric acid groups is 1. The van der Waals surface area contributed by atoms with E-state index in [1.54, 1.807) is 0 Å². The highest BCUT2D eigenvalue weighted by atomic mass is 31.2. The fraction of sp³-hybridized carbons (Fsp3) is 0.738. The average molecular weight is 1010 g/mol. The first kappa shape index (κ1) is 68.2. The number of nitrogens with one attached hydrogen (secondary N) is 1. The summed E-state index contributed by atoms with van der Waals surface area (Å²) in [5.41, 5.74) is 0. The molecule has 410 valence electrons. The molecule has 0 bridgehead atoms. The monoisotopic (exact) mass is 1010 g/mol. The van der Waals surface area contributed by atoms with Gasteiger partial charge in [0.1, 0.15) is 19.3 Å². The van der Waals surface area contributed by atoms with Gasteiger partial charge in [-0.15, -0.1) is 0 Å². The lowest BCUT2D eigenvalue weighted by Gasteiger charge is -2.30. The van der Waals surface area contributed by atoms with Crippen molar-refractivity contribution in [2.24, 2.45) is 0 Å². The minimum Gasteiger partial charge on any atom is -0.756 e. The average Bonchev–Trinajstić information content (AvgIpc) is 3.33. The molecule has 9 nitrogen and oxygen atoms in total. The van der Waals surface area contributed by atoms with Crippen LogP contribution in [0.5, 0.6) is 0 Å². The van der Waals surface area contributed by atoms with Crippen molar-refractivity contribution in [1.29, 1.82) is 0 Å². The van der Waals surface area contributed by atoms with E-state index in [9.17, 15) is 19.0 Å². The number of ether oxygens (including phenoxy) is 1. The van der Waals surface area contributed by atoms with Crippen LogP contribution in [0.15, 0.2) is 85.1 Å². The van der Waals surface area contributed by atoms with Gasteiger partial charge in [-0.1, -0.05) is 209 Å². The second-order valence-corrected chi connectivity index (χ2v) is 21.8. The van der Waals surface area contributed by atoms with Gasteiger partial charge in [0.05, 0.1) is 33.8 Å². The molecule has 1 amide bonds. The zero-order valence-electron chi connectivity index (χ0n) is 46.7. The first-order chi connectivity index (χ1) is 34.4. The summed E-state index contributed by atoms with van der Waals surface area (Å²) in [7, 11) is 1.15. The van der Waals surface area contributed by atoms with Gasteiger partial charge in [-0.05, 0) is 102 Å². The Morgan fingerprint density at radius 3 is 1.38 bits per heavy atom. The van der Waals surface area contributed by atoms with Crippen LogP contribution in [0.4, 0.5) is 0 Å². The molecule has 3 unspecified atom stereocenters. The minimum absolute atomic E-state index is 0.0321. The Labute approximate surface area is 437 Å². The summed E-state index contributed by atoms with van der Waals surface area (Å²) in [6.45, 7) is 6.67. The number of quaternary nitrogens is 1. The van der Waals surface area contributed by atoms with Crippen LogP contribution in [0.2, 0.25) is 0 Å². The molecule has 0 saturated heterocycles. The molecule has 0 heterocycles. The zero-order chi connectivity index (χ0) is 52.2. The van der Waals surface area contributed by atoms with Crippen molar-refractivity contribution < 1.29 is 37.3 Å². The summed E-state index contributed by atoms with van der Waals surface area (Å²) < 4.78 is 30.2. The number of esters is 1. The minimum atomic E-state index is -4.70. The number of nitrogens with zero attached hydrogens (tertiary/aromatic N) is 1. The molecule has 3 atom stereocenters. The maximum atomic E-state index is 13.5. The van der Waals surface area contributed by atoms with E-state index >= 15 is 0 Å². The van der Waals surface area contributed by atoms with E-state index in [0.29, 0.717) is 23.9 Å². The third-order valence-electron chi connectivity index (χ3n) is 12.3. The number of amides is 1. The van der Waals surface area contributed by atoms with E-state index in [2.05, 4.69) is 99.0 Å². The van der Waals surface area contributed by atoms with Gasteiger partial charge in [0, 0.05) is 12.8 Å². The topological polar surface area (TPSA) is 114 Å². The van der Waals surface area contributed by atoms with Gasteiger partial charge in [0.15, 0.2) is 0 Å². The summed E-state index contributed by atoms with van der Waals surface area (Å²) in [5.74, 6) is -0.586. The van der Waals surface area contributed by atoms with Crippen molar-refractivity contribution in [3.8, 4) is 0 Å². The molecule has 0 aromatic heterocycles. The molecule has 71 heavy (non-hydrogen) atoms. The van der Waals surface area contributed by atoms with Gasteiger partial charge >= 0.3 is 5.97 Å². The SMILES string of the molecule is CC/C=C\C/C=C\C/C=C\C/C=C\C/C=C\CCCCCCCC(=O)NC(COP(=O)([O-])OCC[N+](C)(C)C)C(/C=C\CCCCCCCCCCC)OC(=O)CCCCC/C=C\CCCCCCCC. The fourth-order valence-corrected chi connectivity index (χ4v) is 8.56. The number of unbranched alkanes of at least 4 members (excludes halogenated alkanes) is 23. The number of carbonyl (C=O) groups is 2. The second-order valence-electron chi connectivity index (χ2n) is 20.4. The van der Waals surface area contributed by atoms with Gasteiger partial charge in [-0.3, -0.25) is 14.2 Å². The molecule has 0 fully saturated rings. The lowest BCUT2D eigenvalue weighted by molar-refractivity contribution is -0.870. The van der Waals surface area contributed by atoms with Crippen LogP contribution in [0.3, 0.4) is 0 Å². The summed E-state index contributed by atoms with van der Waals surface area (Å²) in [5, 5.41) is 3.00. The normalized spacial score (nSPS) is 14.4. The molecule has 0 saturated carbocycles. The van der Waals surface area contributed by atoms with Crippen LogP contribution in [0.25, 0.3) is 0 Å². The van der Waals surface area contributed by atoms with E-state index in [1.165, 1.54) is 83.5 Å². The third-order valence-corrected chi connectivity index (χ3v) is 13.3. The molecule has 0 rings (SSSR count). The first-order valence-corrected chi connectivity index (χ1v) is 30.4. The van der Waals surface area contributed by atoms with Crippen molar-refractivity contribution in [2.75, 3.05) is 40.9 Å². The van der Waals surface area contributed by atoms with Crippen LogP contribution in [0, 0.1) is 0 Å². The Balaban J connectivity index is 5.32. The van der Waals surface area contributed by atoms with E-state index in [-0.39, 0.29) is 31.3 Å². The number of phosphoric ester groups is 1. The van der Waals surface area contributed by atoms with E-state index in [0.717, 1.165) is 109 Å². The quantitative estimate of drug-likeness (QED) is 0.0212. The molecular weight excluding hydrogens is 904 g/mol. The van der Waals surface area contributed by atoms with Crippen LogP contribution in [0.1, 0.15) is 239 Å². The summed E-state index contributed by atoms with van der Waals surface area (Å²) in [6.07, 6.45) is 65.5. The lowest BCUT2D eigenvalue weighted by atomic mass is 10.1. The molecule has 0 spiro atoms. The molecule has 0 aromatic rings. The molecular formula is C61H109N2O7P. The van der Waals surface area contributed by atoms with Crippen LogP contribution < -0.4 is 10.2 Å². The molecule has 10 heteroatoms. The highest BCUT2D eigenvalue weighted by Gasteiger charge is 2.27. The van der Waals surface area contributed by atoms with E-state index in [4.69, 9.17) is 13.8 Å². The van der Waals surface area contributed by atoms with E-state index < -0.39 is 26.6 Å². The number of hydrogen-bond donors (Lipinski definition) is 1. The number of carbonyl (C=O) groups excluding carboxylic acids is 2. The van der Waals surface area contributed by atoms with Crippen molar-refractivity contribution in [2.45, 2.75) is 251 Å². The van der Waals surface area contributed by atoms with Crippen LogP contribution >= 0.6 is 7.82 Å². The van der Waals surface area contributed by atoms with Gasteiger partial charge in [0.2, 0.25) is 5.91 Å². The Bertz CT molecular complexity index is 1490. The highest BCUT2D eigenvalue weighted by Crippen LogP contribution is 2.38. The Morgan fingerprint density at radius 1 is 0.507 bits per heavy atom. The fourth-order valence-electron chi connectivity index (χ4n) is 7.84. The van der Waals surface area contributed by atoms with Crippen molar-refractivity contribution in [3.05, 3.63) is 85.1 Å². The van der Waals surface area contributed by atoms with Crippen LogP contribution in [-0.4, -0.2) is 69.4 Å². The number of rotatable bonds is 51. The van der Waals surface area contributed by atoms with Crippen molar-refractivity contribution >= 4 is 19.7 Å². The standard InChI is InChI=1S/C61H109N2O7P/c1-7-10-13-16-19-22-25-27-28-29-30-31-32-33-34-36-38-41-44-47-50-53-60(64)62-58(57-69-71(66,67)68-56-55-63(4,5)6)59(52-49-46-43-40-37-24-21-18-15-12-9-3)70-61(65)54-51-48-45-42-39-35-26-23-20-17-14-11-8-2/h10,13,19,22,27-28,30-31,33-35,39,49,52,58-59H,7-9,11-12,14-18,20-21,23-26,29,32,36-38,40-48,50-51,53-57H2,1-6H3,(H-,62,64,66,67)/b13-10-,22-19-,28-27-,31-30-,34-33-,39-35-,52-49-. The Hall–Kier alpha value is -2.81. The second kappa shape index (κ2) is 50.7. The number of allylic oxidation sites excluding steroid dienone is 13. The first-order valence-electron chi connectivity index (χ1n) is 28.9. The molecule has 0 aliphatic heterocycles. The summed E-state index contributed by atoms with van der Waals surface area (Å²) >= 11 is 0. The van der Waals surface area contributed by atoms with Gasteiger partial charge in [-0.2, -0.15) is 0 Å². The lowest BCUT2D eigenvalue weighted by Crippen LogP contribution is -2.47. The highest BCUT2D eigenvalue weighted by molar-refractivity contribution is 7.45. The predicted octanol–water partition coefficient (Wildman–Crippen LogP) is 16.8. The van der Waals surface area contributed by atoms with Gasteiger partial charge in [-0.25, -0.2) is 0 Å². The Kier molecular flexibility index (Phi) is 48.7. The predicted molar refractivity (Wildman–Crippen MR) is 302 cm³/mol. The number of hydrogen-bond acceptors (Lipinski definition) is 7. The molecule has 0 radical (unpaired) electrons. The largest absolute Gasteiger partial charge is 0.756 e. The smallest absolute Gasteiger partial charge is 0.306 e. The molecule has 1 N–H and O–H groups in total. The zero-order valence-corrected chi connectivity index (χ0v) is 47.5. The van der Waals surface area contributed by atoms with Crippen LogP contribution in [-0.2, 0) is 27.9 Å². The molecule has 0 aliphatic rings. The molecule has 0 aliphatic carbocycles. The Morgan fingerprint density at radius 2 is 0.901 bits per heavy atom. The maximum Gasteiger partial charge on any atom is 0.306 e. The van der Waals surface area contributed by atoms with Gasteiger partial charge < -0.3 is 28.5 Å².